The zero-order valence-corrected chi connectivity index (χ0v) is 24.9. The van der Waals surface area contributed by atoms with E-state index in [2.05, 4.69) is 158 Å². The molecule has 1 spiro atoms. The Morgan fingerprint density at radius 3 is 1.87 bits per heavy atom. The third-order valence-corrected chi connectivity index (χ3v) is 10.7. The lowest BCUT2D eigenvalue weighted by atomic mass is 9.70. The lowest BCUT2D eigenvalue weighted by Crippen LogP contribution is -2.25. The summed E-state index contributed by atoms with van der Waals surface area (Å²) in [5.41, 5.74) is 15.1. The highest BCUT2D eigenvalue weighted by atomic mass is 16.5. The number of ether oxygens (including phenoxy) is 1. The second-order valence-electron chi connectivity index (χ2n) is 12.8. The van der Waals surface area contributed by atoms with Gasteiger partial charge in [0.2, 0.25) is 0 Å². The highest BCUT2D eigenvalue weighted by molar-refractivity contribution is 6.08. The first kappa shape index (κ1) is 24.4. The van der Waals surface area contributed by atoms with Gasteiger partial charge in [0.1, 0.15) is 11.5 Å². The van der Waals surface area contributed by atoms with Gasteiger partial charge >= 0.3 is 0 Å². The van der Waals surface area contributed by atoms with Crippen LogP contribution in [-0.2, 0) is 5.41 Å². The van der Waals surface area contributed by atoms with Crippen molar-refractivity contribution in [3.05, 3.63) is 180 Å². The van der Waals surface area contributed by atoms with Crippen molar-refractivity contribution in [2.24, 2.45) is 0 Å². The lowest BCUT2D eigenvalue weighted by Gasteiger charge is -2.30. The largest absolute Gasteiger partial charge is 0.456 e. The molecule has 1 unspecified atom stereocenters. The maximum atomic E-state index is 6.63. The van der Waals surface area contributed by atoms with Gasteiger partial charge in [0, 0.05) is 10.9 Å². The maximum Gasteiger partial charge on any atom is 0.135 e. The van der Waals surface area contributed by atoms with Crippen LogP contribution in [0.4, 0.5) is 0 Å². The van der Waals surface area contributed by atoms with Crippen LogP contribution >= 0.6 is 0 Å². The van der Waals surface area contributed by atoms with Crippen molar-refractivity contribution >= 4 is 21.5 Å². The summed E-state index contributed by atoms with van der Waals surface area (Å²) in [6, 6.07) is 58.2. The highest BCUT2D eigenvalue weighted by Gasteiger charge is 2.52. The van der Waals surface area contributed by atoms with Crippen LogP contribution in [0.2, 0.25) is 0 Å². The van der Waals surface area contributed by atoms with Crippen molar-refractivity contribution in [2.75, 3.05) is 0 Å². The minimum Gasteiger partial charge on any atom is -0.456 e. The fraction of sp³-hybridized carbons (Fsp3) is 0.0222. The minimum absolute atomic E-state index is 0.392. The number of benzene rings is 8. The molecule has 2 aliphatic carbocycles. The van der Waals surface area contributed by atoms with Crippen molar-refractivity contribution in [3.8, 4) is 56.0 Å². The number of hydrogen-bond acceptors (Lipinski definition) is 1. The van der Waals surface area contributed by atoms with E-state index in [-0.39, 0.29) is 0 Å². The zero-order valence-electron chi connectivity index (χ0n) is 24.9. The average Bonchev–Trinajstić information content (AvgIpc) is 3.59. The van der Waals surface area contributed by atoms with E-state index >= 15 is 0 Å². The normalized spacial score (nSPS) is 16.1. The van der Waals surface area contributed by atoms with Crippen molar-refractivity contribution in [3.63, 3.8) is 0 Å². The number of rotatable bonds is 1. The molecule has 8 aromatic carbocycles. The molecule has 0 N–H and O–H groups in total. The molecule has 1 nitrogen and oxygen atoms in total. The Morgan fingerprint density at radius 2 is 1.00 bits per heavy atom. The molecule has 0 fully saturated rings. The van der Waals surface area contributed by atoms with Crippen LogP contribution in [0.15, 0.2) is 158 Å². The molecule has 0 saturated heterocycles. The maximum absolute atomic E-state index is 6.63. The molecule has 0 saturated carbocycles. The van der Waals surface area contributed by atoms with Crippen molar-refractivity contribution in [2.45, 2.75) is 5.41 Å². The quantitative estimate of drug-likeness (QED) is 0.187. The fourth-order valence-electron chi connectivity index (χ4n) is 8.93. The van der Waals surface area contributed by atoms with Gasteiger partial charge < -0.3 is 4.74 Å². The zero-order chi connectivity index (χ0) is 30.0. The molecule has 212 valence electrons. The third-order valence-electron chi connectivity index (χ3n) is 10.7. The van der Waals surface area contributed by atoms with Crippen LogP contribution < -0.4 is 4.74 Å². The molecule has 0 bridgehead atoms. The molecule has 3 aliphatic rings. The van der Waals surface area contributed by atoms with Crippen LogP contribution in [0.5, 0.6) is 11.5 Å². The summed E-state index contributed by atoms with van der Waals surface area (Å²) in [6.45, 7) is 0. The molecular formula is C45H26O. The fourth-order valence-corrected chi connectivity index (χ4v) is 8.93. The first-order valence-corrected chi connectivity index (χ1v) is 16.0. The van der Waals surface area contributed by atoms with E-state index in [4.69, 9.17) is 4.74 Å². The van der Waals surface area contributed by atoms with Gasteiger partial charge in [-0.3, -0.25) is 0 Å². The molecular weight excluding hydrogens is 556 g/mol. The second kappa shape index (κ2) is 8.62. The molecule has 0 radical (unpaired) electrons. The van der Waals surface area contributed by atoms with E-state index in [0.29, 0.717) is 0 Å². The molecule has 1 aliphatic heterocycles. The van der Waals surface area contributed by atoms with Gasteiger partial charge in [0.05, 0.1) is 5.41 Å². The number of fused-ring (bicyclic) bond motifs is 14. The Labute approximate surface area is 267 Å². The first-order valence-electron chi connectivity index (χ1n) is 16.0. The van der Waals surface area contributed by atoms with Crippen LogP contribution in [0.3, 0.4) is 0 Å². The van der Waals surface area contributed by atoms with Gasteiger partial charge in [-0.1, -0.05) is 140 Å². The summed E-state index contributed by atoms with van der Waals surface area (Å²) in [5.74, 6) is 1.83. The van der Waals surface area contributed by atoms with E-state index in [1.54, 1.807) is 0 Å². The first-order chi connectivity index (χ1) is 22.8. The van der Waals surface area contributed by atoms with Crippen LogP contribution in [0.1, 0.15) is 22.3 Å². The predicted octanol–water partition coefficient (Wildman–Crippen LogP) is 11.8. The van der Waals surface area contributed by atoms with Gasteiger partial charge in [-0.05, 0) is 95.6 Å². The van der Waals surface area contributed by atoms with Crippen LogP contribution in [0, 0.1) is 0 Å². The highest BCUT2D eigenvalue weighted by Crippen LogP contribution is 2.65. The smallest absolute Gasteiger partial charge is 0.135 e. The Kier molecular flexibility index (Phi) is 4.57. The van der Waals surface area contributed by atoms with Gasteiger partial charge in [0.25, 0.3) is 0 Å². The Balaban J connectivity index is 1.20. The van der Waals surface area contributed by atoms with E-state index in [9.17, 15) is 0 Å². The summed E-state index contributed by atoms with van der Waals surface area (Å²) in [5, 5.41) is 4.98. The summed E-state index contributed by atoms with van der Waals surface area (Å²) in [7, 11) is 0. The molecule has 46 heavy (non-hydrogen) atoms. The van der Waals surface area contributed by atoms with Crippen molar-refractivity contribution < 1.29 is 4.74 Å². The molecule has 1 atom stereocenters. The Bertz CT molecular complexity index is 2620. The summed E-state index contributed by atoms with van der Waals surface area (Å²) in [4.78, 5) is 0. The molecule has 1 heterocycles. The number of hydrogen-bond donors (Lipinski definition) is 0. The monoisotopic (exact) mass is 582 g/mol. The third kappa shape index (κ3) is 2.87. The predicted molar refractivity (Wildman–Crippen MR) is 189 cm³/mol. The van der Waals surface area contributed by atoms with Crippen molar-refractivity contribution in [1.29, 1.82) is 0 Å². The Morgan fingerprint density at radius 1 is 0.370 bits per heavy atom. The molecule has 11 rings (SSSR count). The average molecular weight is 583 g/mol. The van der Waals surface area contributed by atoms with Gasteiger partial charge in [-0.15, -0.1) is 0 Å². The lowest BCUT2D eigenvalue weighted by molar-refractivity contribution is 0.487. The molecule has 1 heteroatoms. The van der Waals surface area contributed by atoms with Crippen LogP contribution in [0.25, 0.3) is 66.1 Å². The summed E-state index contributed by atoms with van der Waals surface area (Å²) in [6.07, 6.45) is 0. The SMILES string of the molecule is c1ccc2c(c1)-c1c(-c3ccc4c(c3)Oc3cccc5cccc-4c35)cccc1C21c2ccccc2-c2c1ccc1ccccc21. The van der Waals surface area contributed by atoms with Gasteiger partial charge in [0.15, 0.2) is 0 Å². The van der Waals surface area contributed by atoms with E-state index in [0.717, 1.165) is 17.1 Å². The topological polar surface area (TPSA) is 9.23 Å². The Hall–Kier alpha value is -5.92. The van der Waals surface area contributed by atoms with E-state index < -0.39 is 5.41 Å². The molecule has 0 aromatic heterocycles. The summed E-state index contributed by atoms with van der Waals surface area (Å²) < 4.78 is 6.63. The van der Waals surface area contributed by atoms with Crippen LogP contribution in [-0.4, -0.2) is 0 Å². The van der Waals surface area contributed by atoms with Gasteiger partial charge in [-0.25, -0.2) is 0 Å². The standard InChI is InChI=1S/C45H26O/c1-2-13-30-27(10-1)23-25-39-43(30)34-14-3-5-18-36(34)45(39)37-19-6-4-15-35(37)44-31(16-9-20-38(44)45)29-22-24-32-33-17-7-11-28-12-8-21-40(42(28)33)46-41(32)26-29/h1-26H. The minimum atomic E-state index is -0.392. The molecule has 0 amide bonds. The van der Waals surface area contributed by atoms with Crippen molar-refractivity contribution in [1.82, 2.24) is 0 Å². The summed E-state index contributed by atoms with van der Waals surface area (Å²) >= 11 is 0. The van der Waals surface area contributed by atoms with E-state index in [1.807, 2.05) is 0 Å². The van der Waals surface area contributed by atoms with E-state index in [1.165, 1.54) is 82.7 Å². The second-order valence-corrected chi connectivity index (χ2v) is 12.8. The van der Waals surface area contributed by atoms with Gasteiger partial charge in [-0.2, -0.15) is 0 Å². The molecule has 8 aromatic rings.